The van der Waals surface area contributed by atoms with Crippen molar-refractivity contribution >= 4 is 28.9 Å². The molecule has 110 valence electrons. The van der Waals surface area contributed by atoms with E-state index in [-0.39, 0.29) is 5.91 Å². The van der Waals surface area contributed by atoms with E-state index in [1.54, 1.807) is 36.4 Å². The molecule has 3 N–H and O–H groups in total. The number of benzene rings is 2. The molecule has 4 nitrogen and oxygen atoms in total. The lowest BCUT2D eigenvalue weighted by Crippen LogP contribution is -2.13. The average molecular weight is 305 g/mol. The van der Waals surface area contributed by atoms with Crippen LogP contribution in [0.1, 0.15) is 22.8 Å². The molecule has 0 heterocycles. The van der Waals surface area contributed by atoms with E-state index in [9.17, 15) is 4.79 Å². The molecule has 2 rings (SSSR count). The van der Waals surface area contributed by atoms with Gasteiger partial charge in [-0.15, -0.1) is 0 Å². The molecule has 0 aromatic heterocycles. The smallest absolute Gasteiger partial charge is 0.255 e. The lowest BCUT2D eigenvalue weighted by Gasteiger charge is -2.11. The number of nitrogens with two attached hydrogens (primary N) is 1. The van der Waals surface area contributed by atoms with Crippen molar-refractivity contribution in [1.29, 1.82) is 0 Å². The van der Waals surface area contributed by atoms with Crippen molar-refractivity contribution in [3.8, 4) is 5.75 Å². The molecule has 0 saturated heterocycles. The molecule has 0 fully saturated rings. The van der Waals surface area contributed by atoms with Gasteiger partial charge in [-0.2, -0.15) is 0 Å². The summed E-state index contributed by atoms with van der Waals surface area (Å²) in [6.45, 7) is 4.24. The van der Waals surface area contributed by atoms with Crippen LogP contribution < -0.4 is 15.8 Å². The van der Waals surface area contributed by atoms with Gasteiger partial charge in [0.2, 0.25) is 0 Å². The Morgan fingerprint density at radius 3 is 2.81 bits per heavy atom. The van der Waals surface area contributed by atoms with Gasteiger partial charge in [0.15, 0.2) is 0 Å². The summed E-state index contributed by atoms with van der Waals surface area (Å²) in [6.07, 6.45) is 0. The zero-order valence-electron chi connectivity index (χ0n) is 11.9. The maximum atomic E-state index is 12.3. The van der Waals surface area contributed by atoms with Crippen molar-refractivity contribution < 1.29 is 9.53 Å². The van der Waals surface area contributed by atoms with E-state index in [0.29, 0.717) is 34.3 Å². The number of nitrogens with one attached hydrogen (secondary N) is 1. The highest BCUT2D eigenvalue weighted by molar-refractivity contribution is 6.31. The van der Waals surface area contributed by atoms with Crippen LogP contribution in [-0.2, 0) is 0 Å². The molecule has 0 bridgehead atoms. The number of carbonyl (C=O) groups excluding carboxylic acids is 1. The fourth-order valence-corrected chi connectivity index (χ4v) is 2.12. The SMILES string of the molecule is CCOc1cc(N)cc(C(=O)Nc2cccc(Cl)c2C)c1. The van der Waals surface area contributed by atoms with Crippen molar-refractivity contribution in [1.82, 2.24) is 0 Å². The van der Waals surface area contributed by atoms with Gasteiger partial charge in [0.25, 0.3) is 5.91 Å². The Kier molecular flexibility index (Phi) is 4.70. The molecule has 0 aliphatic heterocycles. The summed E-state index contributed by atoms with van der Waals surface area (Å²) in [5.74, 6) is 0.319. The predicted octanol–water partition coefficient (Wildman–Crippen LogP) is 3.88. The summed E-state index contributed by atoms with van der Waals surface area (Å²) in [5, 5.41) is 3.44. The molecule has 21 heavy (non-hydrogen) atoms. The summed E-state index contributed by atoms with van der Waals surface area (Å²) in [5.41, 5.74) is 8.21. The van der Waals surface area contributed by atoms with Crippen LogP contribution >= 0.6 is 11.6 Å². The summed E-state index contributed by atoms with van der Waals surface area (Å²) in [4.78, 5) is 12.3. The van der Waals surface area contributed by atoms with E-state index >= 15 is 0 Å². The fourth-order valence-electron chi connectivity index (χ4n) is 1.94. The Morgan fingerprint density at radius 1 is 1.33 bits per heavy atom. The second-order valence-corrected chi connectivity index (χ2v) is 5.00. The first-order valence-electron chi connectivity index (χ1n) is 6.61. The first-order valence-corrected chi connectivity index (χ1v) is 6.99. The van der Waals surface area contributed by atoms with Crippen molar-refractivity contribution in [3.05, 3.63) is 52.5 Å². The quantitative estimate of drug-likeness (QED) is 0.842. The lowest BCUT2D eigenvalue weighted by atomic mass is 10.1. The van der Waals surface area contributed by atoms with E-state index in [2.05, 4.69) is 5.32 Å². The molecular formula is C16H17ClN2O2. The highest BCUT2D eigenvalue weighted by atomic mass is 35.5. The normalized spacial score (nSPS) is 10.2. The monoisotopic (exact) mass is 304 g/mol. The molecule has 0 unspecified atom stereocenters. The minimum absolute atomic E-state index is 0.256. The molecule has 1 amide bonds. The molecule has 0 saturated carbocycles. The molecular weight excluding hydrogens is 288 g/mol. The average Bonchev–Trinajstić information content (AvgIpc) is 2.43. The molecule has 2 aromatic carbocycles. The standard InChI is InChI=1S/C16H17ClN2O2/c1-3-21-13-8-11(7-12(18)9-13)16(20)19-15-6-4-5-14(17)10(15)2/h4-9H,3,18H2,1-2H3,(H,19,20). The van der Waals surface area contributed by atoms with E-state index < -0.39 is 0 Å². The maximum Gasteiger partial charge on any atom is 0.255 e. The summed E-state index contributed by atoms with van der Waals surface area (Å²) in [6, 6.07) is 10.3. The lowest BCUT2D eigenvalue weighted by molar-refractivity contribution is 0.102. The van der Waals surface area contributed by atoms with Gasteiger partial charge in [0.05, 0.1) is 6.61 Å². The van der Waals surface area contributed by atoms with Crippen molar-refractivity contribution in [2.24, 2.45) is 0 Å². The van der Waals surface area contributed by atoms with Crippen LogP contribution in [0, 0.1) is 6.92 Å². The van der Waals surface area contributed by atoms with E-state index in [4.69, 9.17) is 22.1 Å². The van der Waals surface area contributed by atoms with E-state index in [1.165, 1.54) is 0 Å². The molecule has 0 aliphatic rings. The van der Waals surface area contributed by atoms with Crippen LogP contribution in [0.2, 0.25) is 5.02 Å². The fraction of sp³-hybridized carbons (Fsp3) is 0.188. The first-order chi connectivity index (χ1) is 10.0. The Labute approximate surface area is 128 Å². The number of carbonyl (C=O) groups is 1. The van der Waals surface area contributed by atoms with Gasteiger partial charge in [0.1, 0.15) is 5.75 Å². The minimum atomic E-state index is -0.256. The van der Waals surface area contributed by atoms with Crippen LogP contribution in [-0.4, -0.2) is 12.5 Å². The number of anilines is 2. The summed E-state index contributed by atoms with van der Waals surface area (Å²) in [7, 11) is 0. The van der Waals surface area contributed by atoms with Crippen LogP contribution in [0.25, 0.3) is 0 Å². The van der Waals surface area contributed by atoms with Gasteiger partial charge in [-0.05, 0) is 43.7 Å². The maximum absolute atomic E-state index is 12.3. The molecule has 0 spiro atoms. The van der Waals surface area contributed by atoms with Gasteiger partial charge in [0, 0.05) is 28.0 Å². The Bertz CT molecular complexity index is 671. The van der Waals surface area contributed by atoms with Crippen molar-refractivity contribution in [3.63, 3.8) is 0 Å². The first kappa shape index (κ1) is 15.2. The Balaban J connectivity index is 2.26. The Hall–Kier alpha value is -2.20. The Morgan fingerprint density at radius 2 is 2.10 bits per heavy atom. The van der Waals surface area contributed by atoms with Gasteiger partial charge < -0.3 is 15.8 Å². The number of nitrogen functional groups attached to an aromatic ring is 1. The predicted molar refractivity (Wildman–Crippen MR) is 86.2 cm³/mol. The number of amides is 1. The van der Waals surface area contributed by atoms with Crippen LogP contribution in [0.3, 0.4) is 0 Å². The van der Waals surface area contributed by atoms with Crippen LogP contribution in [0.5, 0.6) is 5.75 Å². The minimum Gasteiger partial charge on any atom is -0.494 e. The zero-order valence-corrected chi connectivity index (χ0v) is 12.7. The largest absolute Gasteiger partial charge is 0.494 e. The van der Waals surface area contributed by atoms with E-state index in [0.717, 1.165) is 5.56 Å². The highest BCUT2D eigenvalue weighted by Crippen LogP contribution is 2.24. The van der Waals surface area contributed by atoms with Crippen molar-refractivity contribution in [2.75, 3.05) is 17.7 Å². The van der Waals surface area contributed by atoms with Crippen LogP contribution in [0.15, 0.2) is 36.4 Å². The van der Waals surface area contributed by atoms with Gasteiger partial charge in [-0.1, -0.05) is 17.7 Å². The second-order valence-electron chi connectivity index (χ2n) is 4.59. The molecule has 2 aromatic rings. The highest BCUT2D eigenvalue weighted by Gasteiger charge is 2.11. The number of ether oxygens (including phenoxy) is 1. The molecule has 0 radical (unpaired) electrons. The third-order valence-electron chi connectivity index (χ3n) is 3.02. The molecule has 0 aliphatic carbocycles. The molecule has 0 atom stereocenters. The van der Waals surface area contributed by atoms with Gasteiger partial charge in [-0.3, -0.25) is 4.79 Å². The zero-order chi connectivity index (χ0) is 15.4. The number of halogens is 1. The summed E-state index contributed by atoms with van der Waals surface area (Å²) >= 11 is 6.04. The third-order valence-corrected chi connectivity index (χ3v) is 3.43. The van der Waals surface area contributed by atoms with Gasteiger partial charge >= 0.3 is 0 Å². The summed E-state index contributed by atoms with van der Waals surface area (Å²) < 4.78 is 5.39. The number of rotatable bonds is 4. The van der Waals surface area contributed by atoms with Crippen LogP contribution in [0.4, 0.5) is 11.4 Å². The second kappa shape index (κ2) is 6.50. The van der Waals surface area contributed by atoms with E-state index in [1.807, 2.05) is 13.8 Å². The third kappa shape index (κ3) is 3.67. The van der Waals surface area contributed by atoms with Gasteiger partial charge in [-0.25, -0.2) is 0 Å². The van der Waals surface area contributed by atoms with Crippen molar-refractivity contribution in [2.45, 2.75) is 13.8 Å². The number of hydrogen-bond acceptors (Lipinski definition) is 3. The number of hydrogen-bond donors (Lipinski definition) is 2. The topological polar surface area (TPSA) is 64.3 Å². The molecule has 5 heteroatoms.